The van der Waals surface area contributed by atoms with Crippen molar-refractivity contribution in [2.45, 2.75) is 31.8 Å². The number of halogens is 1. The lowest BCUT2D eigenvalue weighted by molar-refractivity contribution is 0.110. The molecule has 1 heterocycles. The van der Waals surface area contributed by atoms with Gasteiger partial charge in [-0.3, -0.25) is 5.41 Å². The molecule has 0 spiro atoms. The first kappa shape index (κ1) is 20.3. The van der Waals surface area contributed by atoms with Gasteiger partial charge in [0.15, 0.2) is 0 Å². The molecular weight excluding hydrogens is 348 g/mol. The number of hydrogen-bond acceptors (Lipinski definition) is 3. The molecule has 0 saturated carbocycles. The molecule has 2 aromatic carbocycles. The molecule has 140 valence electrons. The Morgan fingerprint density at radius 1 is 1.00 bits per heavy atom. The third-order valence-corrected chi connectivity index (χ3v) is 4.57. The number of ether oxygens (including phenoxy) is 1. The number of benzene rings is 2. The van der Waals surface area contributed by atoms with Crippen molar-refractivity contribution in [3.63, 3.8) is 0 Å². The highest BCUT2D eigenvalue weighted by atomic mass is 35.5. The number of rotatable bonds is 6. The summed E-state index contributed by atoms with van der Waals surface area (Å²) in [7, 11) is 0. The zero-order valence-electron chi connectivity index (χ0n) is 14.9. The van der Waals surface area contributed by atoms with Gasteiger partial charge < -0.3 is 14.7 Å². The van der Waals surface area contributed by atoms with Crippen molar-refractivity contribution < 1.29 is 9.84 Å². The predicted molar refractivity (Wildman–Crippen MR) is 108 cm³/mol. The van der Waals surface area contributed by atoms with Gasteiger partial charge in [0.05, 0.1) is 11.9 Å². The lowest BCUT2D eigenvalue weighted by atomic mass is 10.0. The predicted octanol–water partition coefficient (Wildman–Crippen LogP) is 4.37. The quantitative estimate of drug-likeness (QED) is 0.583. The number of piperidine rings is 1. The molecule has 3 rings (SSSR count). The van der Waals surface area contributed by atoms with E-state index in [1.807, 2.05) is 54.6 Å². The molecule has 1 fully saturated rings. The van der Waals surface area contributed by atoms with Gasteiger partial charge in [-0.25, -0.2) is 0 Å². The van der Waals surface area contributed by atoms with E-state index in [0.29, 0.717) is 12.3 Å². The second kappa shape index (κ2) is 10.2. The smallest absolute Gasteiger partial charge is 0.127 e. The Hall–Kier alpha value is -2.04. The zero-order valence-corrected chi connectivity index (χ0v) is 15.8. The van der Waals surface area contributed by atoms with Crippen molar-refractivity contribution in [2.75, 3.05) is 19.7 Å². The van der Waals surface area contributed by atoms with Gasteiger partial charge in [-0.05, 0) is 30.9 Å². The normalized spacial score (nSPS) is 15.0. The van der Waals surface area contributed by atoms with Crippen molar-refractivity contribution in [1.82, 2.24) is 4.90 Å². The summed E-state index contributed by atoms with van der Waals surface area (Å²) in [4.78, 5) is 2.07. The van der Waals surface area contributed by atoms with Crippen LogP contribution in [0, 0.1) is 5.41 Å². The SMILES string of the molecule is Cl.N=C(C[C@H](O)COc1ccccc1-c1ccccc1)N1CCCCC1. The van der Waals surface area contributed by atoms with Crippen LogP contribution < -0.4 is 4.74 Å². The Morgan fingerprint density at radius 3 is 2.38 bits per heavy atom. The molecule has 2 aromatic rings. The van der Waals surface area contributed by atoms with Gasteiger partial charge in [0.25, 0.3) is 0 Å². The van der Waals surface area contributed by atoms with Gasteiger partial charge in [0.1, 0.15) is 12.4 Å². The van der Waals surface area contributed by atoms with Crippen LogP contribution in [0.1, 0.15) is 25.7 Å². The van der Waals surface area contributed by atoms with Gasteiger partial charge in [-0.1, -0.05) is 48.5 Å². The summed E-state index contributed by atoms with van der Waals surface area (Å²) in [5.41, 5.74) is 2.11. The van der Waals surface area contributed by atoms with Crippen LogP contribution in [0.2, 0.25) is 0 Å². The maximum absolute atomic E-state index is 10.3. The van der Waals surface area contributed by atoms with E-state index in [2.05, 4.69) is 4.90 Å². The summed E-state index contributed by atoms with van der Waals surface area (Å²) in [6.45, 7) is 2.06. The topological polar surface area (TPSA) is 56.6 Å². The molecule has 0 unspecified atom stereocenters. The summed E-state index contributed by atoms with van der Waals surface area (Å²) in [6, 6.07) is 17.9. The molecular formula is C21H27ClN2O2. The van der Waals surface area contributed by atoms with Gasteiger partial charge in [0.2, 0.25) is 0 Å². The Labute approximate surface area is 161 Å². The maximum atomic E-state index is 10.3. The summed E-state index contributed by atoms with van der Waals surface area (Å²) < 4.78 is 5.88. The first-order valence-corrected chi connectivity index (χ1v) is 9.02. The van der Waals surface area contributed by atoms with Crippen LogP contribution in [0.15, 0.2) is 54.6 Å². The molecule has 2 N–H and O–H groups in total. The van der Waals surface area contributed by atoms with Crippen molar-refractivity contribution in [2.24, 2.45) is 0 Å². The molecule has 1 saturated heterocycles. The van der Waals surface area contributed by atoms with Crippen LogP contribution in [0.25, 0.3) is 11.1 Å². The number of aliphatic hydroxyl groups is 1. The van der Waals surface area contributed by atoms with E-state index in [1.54, 1.807) is 0 Å². The number of nitrogens with one attached hydrogen (secondary N) is 1. The van der Waals surface area contributed by atoms with Crippen LogP contribution in [-0.2, 0) is 0 Å². The van der Waals surface area contributed by atoms with Gasteiger partial charge in [0, 0.05) is 25.1 Å². The van der Waals surface area contributed by atoms with E-state index in [1.165, 1.54) is 6.42 Å². The summed E-state index contributed by atoms with van der Waals surface area (Å²) in [6.07, 6.45) is 3.19. The fraction of sp³-hybridized carbons (Fsp3) is 0.381. The largest absolute Gasteiger partial charge is 0.490 e. The molecule has 26 heavy (non-hydrogen) atoms. The molecule has 0 amide bonds. The Balaban J connectivity index is 0.00000243. The number of nitrogens with zero attached hydrogens (tertiary/aromatic N) is 1. The van der Waals surface area contributed by atoms with Gasteiger partial charge >= 0.3 is 0 Å². The summed E-state index contributed by atoms with van der Waals surface area (Å²) in [5.74, 6) is 1.28. The monoisotopic (exact) mass is 374 g/mol. The molecule has 1 aliphatic rings. The second-order valence-corrected chi connectivity index (χ2v) is 6.53. The summed E-state index contributed by atoms with van der Waals surface area (Å²) >= 11 is 0. The minimum Gasteiger partial charge on any atom is -0.490 e. The van der Waals surface area contributed by atoms with Crippen molar-refractivity contribution in [1.29, 1.82) is 5.41 Å². The fourth-order valence-electron chi connectivity index (χ4n) is 3.21. The molecule has 0 aliphatic carbocycles. The van der Waals surface area contributed by atoms with Gasteiger partial charge in [-0.15, -0.1) is 12.4 Å². The van der Waals surface area contributed by atoms with E-state index >= 15 is 0 Å². The number of likely N-dealkylation sites (tertiary alicyclic amines) is 1. The van der Waals surface area contributed by atoms with Crippen molar-refractivity contribution in [3.8, 4) is 16.9 Å². The minimum absolute atomic E-state index is 0. The van der Waals surface area contributed by atoms with Crippen LogP contribution >= 0.6 is 12.4 Å². The third kappa shape index (κ3) is 5.48. The Bertz CT molecular complexity index is 687. The first-order chi connectivity index (χ1) is 12.2. The zero-order chi connectivity index (χ0) is 17.5. The first-order valence-electron chi connectivity index (χ1n) is 9.02. The highest BCUT2D eigenvalue weighted by Crippen LogP contribution is 2.29. The fourth-order valence-corrected chi connectivity index (χ4v) is 3.21. The van der Waals surface area contributed by atoms with Crippen LogP contribution in [0.4, 0.5) is 0 Å². The lowest BCUT2D eigenvalue weighted by Crippen LogP contribution is -2.37. The van der Waals surface area contributed by atoms with Gasteiger partial charge in [-0.2, -0.15) is 0 Å². The third-order valence-electron chi connectivity index (χ3n) is 4.57. The average Bonchev–Trinajstić information content (AvgIpc) is 2.68. The number of hydrogen-bond donors (Lipinski definition) is 2. The molecule has 1 aliphatic heterocycles. The Kier molecular flexibility index (Phi) is 7.95. The lowest BCUT2D eigenvalue weighted by Gasteiger charge is -2.29. The van der Waals surface area contributed by atoms with E-state index in [4.69, 9.17) is 10.1 Å². The van der Waals surface area contributed by atoms with E-state index < -0.39 is 6.10 Å². The van der Waals surface area contributed by atoms with E-state index in [9.17, 15) is 5.11 Å². The van der Waals surface area contributed by atoms with Crippen LogP contribution in [0.3, 0.4) is 0 Å². The summed E-state index contributed by atoms with van der Waals surface area (Å²) in [5, 5.41) is 18.5. The highest BCUT2D eigenvalue weighted by Gasteiger charge is 2.17. The Morgan fingerprint density at radius 2 is 1.65 bits per heavy atom. The minimum atomic E-state index is -0.668. The van der Waals surface area contributed by atoms with E-state index in [0.717, 1.165) is 42.8 Å². The number of amidine groups is 1. The molecule has 0 radical (unpaired) electrons. The van der Waals surface area contributed by atoms with Crippen LogP contribution in [-0.4, -0.2) is 41.6 Å². The maximum Gasteiger partial charge on any atom is 0.127 e. The molecule has 0 aromatic heterocycles. The standard InChI is InChI=1S/C21H26N2O2.ClH/c22-21(23-13-7-2-8-14-23)15-18(24)16-25-20-12-6-5-11-19(20)17-9-3-1-4-10-17;/h1,3-6,9-12,18,22,24H,2,7-8,13-16H2;1H/t18-;/m0./s1. The average molecular weight is 375 g/mol. The molecule has 0 bridgehead atoms. The van der Waals surface area contributed by atoms with Crippen LogP contribution in [0.5, 0.6) is 5.75 Å². The highest BCUT2D eigenvalue weighted by molar-refractivity contribution is 5.85. The van der Waals surface area contributed by atoms with E-state index in [-0.39, 0.29) is 19.0 Å². The van der Waals surface area contributed by atoms with Crippen molar-refractivity contribution in [3.05, 3.63) is 54.6 Å². The molecule has 5 heteroatoms. The number of para-hydroxylation sites is 1. The molecule has 1 atom stereocenters. The molecule has 4 nitrogen and oxygen atoms in total. The number of aliphatic hydroxyl groups excluding tert-OH is 1. The second-order valence-electron chi connectivity index (χ2n) is 6.53. The van der Waals surface area contributed by atoms with Crippen molar-refractivity contribution >= 4 is 18.2 Å².